The minimum Gasteiger partial charge on any atom is -0.329 e. The molecule has 0 bridgehead atoms. The smallest absolute Gasteiger partial charge is 0.164 e. The number of rotatable bonds is 4. The van der Waals surface area contributed by atoms with E-state index in [9.17, 15) is 8.42 Å². The molecule has 0 aromatic rings. The van der Waals surface area contributed by atoms with Crippen molar-refractivity contribution in [3.05, 3.63) is 0 Å². The van der Waals surface area contributed by atoms with Crippen LogP contribution >= 0.6 is 11.8 Å². The maximum atomic E-state index is 12.0. The molecule has 1 aliphatic heterocycles. The van der Waals surface area contributed by atoms with Crippen LogP contribution in [0.3, 0.4) is 0 Å². The Bertz CT molecular complexity index is 420. The predicted octanol–water partition coefficient (Wildman–Crippen LogP) is 0.923. The van der Waals surface area contributed by atoms with Crippen LogP contribution in [-0.2, 0) is 9.84 Å². The molecular formula is C12H24N2O2S2. The molecule has 2 N–H and O–H groups in total. The topological polar surface area (TPSA) is 63.4 Å². The second-order valence-electron chi connectivity index (χ2n) is 6.09. The Morgan fingerprint density at radius 3 is 2.56 bits per heavy atom. The van der Waals surface area contributed by atoms with Crippen LogP contribution in [0.4, 0.5) is 0 Å². The van der Waals surface area contributed by atoms with Crippen LogP contribution < -0.4 is 5.73 Å². The van der Waals surface area contributed by atoms with Crippen LogP contribution in [0, 0.1) is 5.41 Å². The summed E-state index contributed by atoms with van der Waals surface area (Å²) in [6.45, 7) is 5.74. The van der Waals surface area contributed by atoms with E-state index in [-0.39, 0.29) is 16.3 Å². The van der Waals surface area contributed by atoms with Gasteiger partial charge in [0.2, 0.25) is 0 Å². The second-order valence-corrected chi connectivity index (χ2v) is 9.44. The number of sulfone groups is 1. The van der Waals surface area contributed by atoms with Gasteiger partial charge in [-0.3, -0.25) is 4.90 Å². The van der Waals surface area contributed by atoms with Crippen LogP contribution in [0.1, 0.15) is 26.7 Å². The SMILES string of the molecule is CC1(C(C)(CN)N2CCSCC2S(C)(=O)=O)CC1. The van der Waals surface area contributed by atoms with Gasteiger partial charge < -0.3 is 5.73 Å². The van der Waals surface area contributed by atoms with Gasteiger partial charge in [-0.2, -0.15) is 11.8 Å². The molecule has 2 rings (SSSR count). The highest BCUT2D eigenvalue weighted by atomic mass is 32.2. The third kappa shape index (κ3) is 2.32. The summed E-state index contributed by atoms with van der Waals surface area (Å²) in [5.74, 6) is 1.67. The van der Waals surface area contributed by atoms with Gasteiger partial charge in [0.05, 0.1) is 0 Å². The van der Waals surface area contributed by atoms with Gasteiger partial charge >= 0.3 is 0 Å². The highest BCUT2D eigenvalue weighted by molar-refractivity contribution is 8.00. The Kier molecular flexibility index (Phi) is 3.78. The Balaban J connectivity index is 2.33. The van der Waals surface area contributed by atoms with Gasteiger partial charge in [0, 0.05) is 36.4 Å². The third-order valence-corrected chi connectivity index (χ3v) is 7.55. The summed E-state index contributed by atoms with van der Waals surface area (Å²) in [6.07, 6.45) is 3.66. The standard InChI is InChI=1S/C12H24N2O2S2/c1-11(4-5-11)12(2,9-13)14-6-7-17-8-10(14)18(3,15)16/h10H,4-9,13H2,1-3H3. The largest absolute Gasteiger partial charge is 0.329 e. The number of hydrogen-bond acceptors (Lipinski definition) is 5. The van der Waals surface area contributed by atoms with Gasteiger partial charge in [-0.05, 0) is 25.2 Å². The molecule has 2 fully saturated rings. The third-order valence-electron chi connectivity index (χ3n) is 4.91. The Morgan fingerprint density at radius 1 is 1.50 bits per heavy atom. The molecule has 2 atom stereocenters. The van der Waals surface area contributed by atoms with Crippen LogP contribution in [0.15, 0.2) is 0 Å². The van der Waals surface area contributed by atoms with E-state index in [0.717, 1.165) is 25.1 Å². The van der Waals surface area contributed by atoms with Crippen molar-refractivity contribution < 1.29 is 8.42 Å². The first-order valence-corrected chi connectivity index (χ1v) is 9.59. The summed E-state index contributed by atoms with van der Waals surface area (Å²) < 4.78 is 24.0. The van der Waals surface area contributed by atoms with Crippen molar-refractivity contribution in [1.82, 2.24) is 4.90 Å². The number of hydrogen-bond donors (Lipinski definition) is 1. The van der Waals surface area contributed by atoms with E-state index in [4.69, 9.17) is 5.73 Å². The van der Waals surface area contributed by atoms with Gasteiger partial charge in [0.25, 0.3) is 0 Å². The lowest BCUT2D eigenvalue weighted by molar-refractivity contribution is 0.0438. The molecular weight excluding hydrogens is 268 g/mol. The molecule has 1 saturated heterocycles. The summed E-state index contributed by atoms with van der Waals surface area (Å²) in [5.41, 5.74) is 6.02. The molecule has 0 spiro atoms. The van der Waals surface area contributed by atoms with Crippen molar-refractivity contribution >= 4 is 21.6 Å². The Labute approximate surface area is 115 Å². The lowest BCUT2D eigenvalue weighted by atomic mass is 9.82. The molecule has 1 aliphatic carbocycles. The van der Waals surface area contributed by atoms with Gasteiger partial charge in [-0.25, -0.2) is 8.42 Å². The summed E-state index contributed by atoms with van der Waals surface area (Å²) in [5, 5.41) is -0.373. The number of nitrogens with two attached hydrogens (primary N) is 1. The van der Waals surface area contributed by atoms with Gasteiger partial charge in [0.15, 0.2) is 9.84 Å². The molecule has 2 aliphatic rings. The Morgan fingerprint density at radius 2 is 2.11 bits per heavy atom. The molecule has 6 heteroatoms. The molecule has 0 aromatic carbocycles. The summed E-state index contributed by atoms with van der Waals surface area (Å²) in [7, 11) is -3.05. The second kappa shape index (κ2) is 4.65. The first-order chi connectivity index (χ1) is 8.24. The lowest BCUT2D eigenvalue weighted by Crippen LogP contribution is -2.64. The zero-order valence-corrected chi connectivity index (χ0v) is 13.1. The van der Waals surface area contributed by atoms with Gasteiger partial charge in [0.1, 0.15) is 5.37 Å². The minimum absolute atomic E-state index is 0.187. The van der Waals surface area contributed by atoms with Crippen LogP contribution in [0.5, 0.6) is 0 Å². The quantitative estimate of drug-likeness (QED) is 0.835. The fourth-order valence-corrected chi connectivity index (χ4v) is 5.89. The first kappa shape index (κ1) is 14.6. The average Bonchev–Trinajstić information content (AvgIpc) is 3.07. The highest BCUT2D eigenvalue weighted by Crippen LogP contribution is 2.56. The monoisotopic (exact) mass is 292 g/mol. The van der Waals surface area contributed by atoms with Gasteiger partial charge in [-0.1, -0.05) is 6.92 Å². The van der Waals surface area contributed by atoms with Crippen molar-refractivity contribution in [2.75, 3.05) is 30.9 Å². The molecule has 0 radical (unpaired) electrons. The molecule has 1 heterocycles. The zero-order chi connectivity index (χ0) is 13.6. The van der Waals surface area contributed by atoms with E-state index in [0.29, 0.717) is 12.3 Å². The fourth-order valence-electron chi connectivity index (χ4n) is 2.94. The molecule has 0 aromatic heterocycles. The zero-order valence-electron chi connectivity index (χ0n) is 11.5. The summed E-state index contributed by atoms with van der Waals surface area (Å²) >= 11 is 1.73. The molecule has 18 heavy (non-hydrogen) atoms. The van der Waals surface area contributed by atoms with E-state index >= 15 is 0 Å². The predicted molar refractivity (Wildman–Crippen MR) is 77.5 cm³/mol. The van der Waals surface area contributed by atoms with Crippen LogP contribution in [0.2, 0.25) is 0 Å². The minimum atomic E-state index is -3.05. The molecule has 106 valence electrons. The van der Waals surface area contributed by atoms with Gasteiger partial charge in [-0.15, -0.1) is 0 Å². The summed E-state index contributed by atoms with van der Waals surface area (Å²) in [4.78, 5) is 2.17. The molecule has 4 nitrogen and oxygen atoms in total. The van der Waals surface area contributed by atoms with E-state index < -0.39 is 9.84 Å². The highest BCUT2D eigenvalue weighted by Gasteiger charge is 2.57. The molecule has 0 amide bonds. The van der Waals surface area contributed by atoms with Crippen molar-refractivity contribution in [2.45, 2.75) is 37.6 Å². The maximum Gasteiger partial charge on any atom is 0.164 e. The number of thioether (sulfide) groups is 1. The van der Waals surface area contributed by atoms with Crippen LogP contribution in [0.25, 0.3) is 0 Å². The van der Waals surface area contributed by atoms with E-state index in [1.165, 1.54) is 6.26 Å². The van der Waals surface area contributed by atoms with Crippen molar-refractivity contribution in [2.24, 2.45) is 11.1 Å². The van der Waals surface area contributed by atoms with Crippen molar-refractivity contribution in [1.29, 1.82) is 0 Å². The summed E-state index contributed by atoms with van der Waals surface area (Å²) in [6, 6.07) is 0. The average molecular weight is 292 g/mol. The van der Waals surface area contributed by atoms with E-state index in [1.54, 1.807) is 11.8 Å². The normalized spacial score (nSPS) is 31.9. The maximum absolute atomic E-state index is 12.0. The first-order valence-electron chi connectivity index (χ1n) is 6.48. The molecule has 1 saturated carbocycles. The number of nitrogens with zero attached hydrogens (tertiary/aromatic N) is 1. The van der Waals surface area contributed by atoms with E-state index in [1.807, 2.05) is 0 Å². The lowest BCUT2D eigenvalue weighted by Gasteiger charge is -2.50. The van der Waals surface area contributed by atoms with E-state index in [2.05, 4.69) is 18.7 Å². The van der Waals surface area contributed by atoms with Crippen molar-refractivity contribution in [3.63, 3.8) is 0 Å². The van der Waals surface area contributed by atoms with Crippen molar-refractivity contribution in [3.8, 4) is 0 Å². The Hall–Kier alpha value is 0.220. The molecule has 2 unspecified atom stereocenters. The fraction of sp³-hybridized carbons (Fsp3) is 1.00. The van der Waals surface area contributed by atoms with Crippen LogP contribution in [-0.4, -0.2) is 55.1 Å².